The number of rotatable bonds is 4. The monoisotopic (exact) mass is 308 g/mol. The Bertz CT molecular complexity index is 572. The molecule has 0 aliphatic rings. The van der Waals surface area contributed by atoms with Gasteiger partial charge in [-0.3, -0.25) is 0 Å². The van der Waals surface area contributed by atoms with Gasteiger partial charge in [-0.15, -0.1) is 11.3 Å². The van der Waals surface area contributed by atoms with Crippen LogP contribution in [-0.2, 0) is 11.8 Å². The van der Waals surface area contributed by atoms with Crippen molar-refractivity contribution in [2.24, 2.45) is 5.73 Å². The average Bonchev–Trinajstić information content (AvgIpc) is 2.85. The summed E-state index contributed by atoms with van der Waals surface area (Å²) >= 11 is 7.98. The lowest BCUT2D eigenvalue weighted by molar-refractivity contribution is 0.568. The van der Waals surface area contributed by atoms with Gasteiger partial charge in [-0.25, -0.2) is 4.98 Å². The van der Waals surface area contributed by atoms with E-state index in [0.717, 1.165) is 27.7 Å². The zero-order valence-electron chi connectivity index (χ0n) is 12.2. The van der Waals surface area contributed by atoms with Crippen LogP contribution in [0.4, 0.5) is 0 Å². The number of thiazole rings is 1. The molecule has 1 heterocycles. The normalized spacial score (nSPS) is 13.4. The van der Waals surface area contributed by atoms with E-state index in [1.807, 2.05) is 18.2 Å². The van der Waals surface area contributed by atoms with Gasteiger partial charge in [-0.2, -0.15) is 0 Å². The molecule has 0 amide bonds. The topological polar surface area (TPSA) is 38.9 Å². The van der Waals surface area contributed by atoms with Crippen LogP contribution in [-0.4, -0.2) is 11.5 Å². The molecule has 2 aromatic rings. The maximum atomic E-state index is 6.27. The van der Waals surface area contributed by atoms with Gasteiger partial charge in [0.05, 0.1) is 10.7 Å². The Morgan fingerprint density at radius 1 is 1.30 bits per heavy atom. The molecule has 0 aliphatic heterocycles. The van der Waals surface area contributed by atoms with Crippen molar-refractivity contribution in [2.75, 3.05) is 6.54 Å². The Morgan fingerprint density at radius 2 is 2.00 bits per heavy atom. The molecule has 0 fully saturated rings. The van der Waals surface area contributed by atoms with E-state index in [2.05, 4.69) is 32.2 Å². The predicted molar refractivity (Wildman–Crippen MR) is 87.8 cm³/mol. The molecular weight excluding hydrogens is 288 g/mol. The van der Waals surface area contributed by atoms with Gasteiger partial charge in [0, 0.05) is 28.2 Å². The summed E-state index contributed by atoms with van der Waals surface area (Å²) in [5, 5.41) is 4.07. The highest BCUT2D eigenvalue weighted by molar-refractivity contribution is 7.09. The van der Waals surface area contributed by atoms with Crippen LogP contribution >= 0.6 is 22.9 Å². The maximum Gasteiger partial charge on any atom is 0.0935 e. The summed E-state index contributed by atoms with van der Waals surface area (Å²) in [5.41, 5.74) is 8.29. The number of nitrogens with zero attached hydrogens (tertiary/aromatic N) is 1. The molecule has 0 spiro atoms. The molecule has 0 bridgehead atoms. The number of hydrogen-bond donors (Lipinski definition) is 1. The second kappa shape index (κ2) is 6.25. The van der Waals surface area contributed by atoms with Crippen molar-refractivity contribution >= 4 is 22.9 Å². The van der Waals surface area contributed by atoms with Gasteiger partial charge in [0.15, 0.2) is 0 Å². The number of hydrogen-bond acceptors (Lipinski definition) is 3. The minimum absolute atomic E-state index is 0.0946. The second-order valence-electron chi connectivity index (χ2n) is 6.03. The summed E-state index contributed by atoms with van der Waals surface area (Å²) in [5.74, 6) is 0.225. The smallest absolute Gasteiger partial charge is 0.0935 e. The van der Waals surface area contributed by atoms with E-state index in [1.54, 1.807) is 11.3 Å². The van der Waals surface area contributed by atoms with Crippen molar-refractivity contribution < 1.29 is 0 Å². The number of nitrogens with two attached hydrogens (primary N) is 1. The Hall–Kier alpha value is -0.900. The molecule has 4 heteroatoms. The Balaban J connectivity index is 2.19. The van der Waals surface area contributed by atoms with Gasteiger partial charge in [0.2, 0.25) is 0 Å². The largest absolute Gasteiger partial charge is 0.330 e. The predicted octanol–water partition coefficient (Wildman–Crippen LogP) is 4.38. The summed E-state index contributed by atoms with van der Waals surface area (Å²) in [6.45, 7) is 7.12. The molecule has 2 nitrogen and oxygen atoms in total. The van der Waals surface area contributed by atoms with Gasteiger partial charge < -0.3 is 5.73 Å². The van der Waals surface area contributed by atoms with Crippen LogP contribution in [0.1, 0.15) is 43.0 Å². The molecule has 1 atom stereocenters. The van der Waals surface area contributed by atoms with Gasteiger partial charge >= 0.3 is 0 Å². The van der Waals surface area contributed by atoms with E-state index in [9.17, 15) is 0 Å². The van der Waals surface area contributed by atoms with Crippen LogP contribution < -0.4 is 5.73 Å². The van der Waals surface area contributed by atoms with E-state index in [0.29, 0.717) is 6.54 Å². The zero-order chi connectivity index (χ0) is 14.8. The van der Waals surface area contributed by atoms with Crippen LogP contribution in [0.3, 0.4) is 0 Å². The fourth-order valence-corrected chi connectivity index (χ4v) is 3.48. The fourth-order valence-electron chi connectivity index (χ4n) is 2.09. The molecule has 1 aromatic heterocycles. The Morgan fingerprint density at radius 3 is 2.55 bits per heavy atom. The van der Waals surface area contributed by atoms with Crippen LogP contribution in [0.15, 0.2) is 29.6 Å². The van der Waals surface area contributed by atoms with Crippen molar-refractivity contribution in [3.8, 4) is 0 Å². The quantitative estimate of drug-likeness (QED) is 0.910. The minimum Gasteiger partial charge on any atom is -0.330 e. The first-order valence-corrected chi connectivity index (χ1v) is 8.07. The lowest BCUT2D eigenvalue weighted by Crippen LogP contribution is -2.16. The molecule has 2 rings (SSSR count). The van der Waals surface area contributed by atoms with Crippen molar-refractivity contribution in [1.82, 2.24) is 4.98 Å². The molecular formula is C16H21ClN2S. The highest BCUT2D eigenvalue weighted by Crippen LogP contribution is 2.30. The summed E-state index contributed by atoms with van der Waals surface area (Å²) in [6, 6.07) is 7.92. The van der Waals surface area contributed by atoms with Gasteiger partial charge in [0.1, 0.15) is 0 Å². The highest BCUT2D eigenvalue weighted by Gasteiger charge is 2.20. The summed E-state index contributed by atoms with van der Waals surface area (Å²) < 4.78 is 0. The molecule has 2 N–H and O–H groups in total. The summed E-state index contributed by atoms with van der Waals surface area (Å²) in [4.78, 5) is 4.74. The maximum absolute atomic E-state index is 6.27. The summed E-state index contributed by atoms with van der Waals surface area (Å²) in [7, 11) is 0. The summed E-state index contributed by atoms with van der Waals surface area (Å²) in [6.07, 6.45) is 0.848. The molecule has 0 saturated heterocycles. The van der Waals surface area contributed by atoms with E-state index >= 15 is 0 Å². The number of benzene rings is 1. The number of halogens is 1. The van der Waals surface area contributed by atoms with E-state index in [4.69, 9.17) is 22.3 Å². The van der Waals surface area contributed by atoms with Crippen molar-refractivity contribution in [3.05, 3.63) is 50.9 Å². The fraction of sp³-hybridized carbons (Fsp3) is 0.438. The molecule has 1 aromatic carbocycles. The minimum atomic E-state index is 0.0946. The first-order valence-electron chi connectivity index (χ1n) is 6.81. The Kier molecular flexibility index (Phi) is 4.84. The SMILES string of the molecule is CC(C)(C)c1csc(CC(CN)c2ccccc2Cl)n1. The van der Waals surface area contributed by atoms with Crippen LogP contribution in [0.5, 0.6) is 0 Å². The first kappa shape index (κ1) is 15.5. The van der Waals surface area contributed by atoms with Gasteiger partial charge in [0.25, 0.3) is 0 Å². The van der Waals surface area contributed by atoms with Gasteiger partial charge in [-0.05, 0) is 18.2 Å². The third-order valence-corrected chi connectivity index (χ3v) is 4.59. The molecule has 20 heavy (non-hydrogen) atoms. The molecule has 0 radical (unpaired) electrons. The van der Waals surface area contributed by atoms with Crippen LogP contribution in [0, 0.1) is 0 Å². The lowest BCUT2D eigenvalue weighted by atomic mass is 9.93. The van der Waals surface area contributed by atoms with E-state index in [-0.39, 0.29) is 11.3 Å². The average molecular weight is 309 g/mol. The molecule has 1 unspecified atom stereocenters. The van der Waals surface area contributed by atoms with Crippen LogP contribution in [0.2, 0.25) is 5.02 Å². The molecule has 0 aliphatic carbocycles. The second-order valence-corrected chi connectivity index (χ2v) is 7.38. The van der Waals surface area contributed by atoms with E-state index in [1.165, 1.54) is 0 Å². The molecule has 108 valence electrons. The highest BCUT2D eigenvalue weighted by atomic mass is 35.5. The Labute approximate surface area is 130 Å². The molecule has 0 saturated carbocycles. The van der Waals surface area contributed by atoms with Gasteiger partial charge in [-0.1, -0.05) is 50.6 Å². The third kappa shape index (κ3) is 3.60. The standard InChI is InChI=1S/C16H21ClN2S/c1-16(2,3)14-10-20-15(19-14)8-11(9-18)12-6-4-5-7-13(12)17/h4-7,10-11H,8-9,18H2,1-3H3. The van der Waals surface area contributed by atoms with E-state index < -0.39 is 0 Å². The zero-order valence-corrected chi connectivity index (χ0v) is 13.8. The third-order valence-electron chi connectivity index (χ3n) is 3.37. The number of aromatic nitrogens is 1. The van der Waals surface area contributed by atoms with Crippen molar-refractivity contribution in [3.63, 3.8) is 0 Å². The lowest BCUT2D eigenvalue weighted by Gasteiger charge is -2.16. The van der Waals surface area contributed by atoms with Crippen LogP contribution in [0.25, 0.3) is 0 Å². The van der Waals surface area contributed by atoms with Crippen molar-refractivity contribution in [1.29, 1.82) is 0 Å². The van der Waals surface area contributed by atoms with Crippen molar-refractivity contribution in [2.45, 2.75) is 38.5 Å². The first-order chi connectivity index (χ1) is 9.41.